The van der Waals surface area contributed by atoms with Gasteiger partial charge >= 0.3 is 5.69 Å². The van der Waals surface area contributed by atoms with E-state index in [4.69, 9.17) is 11.6 Å². The molecule has 2 aromatic rings. The quantitative estimate of drug-likeness (QED) is 0.693. The number of H-pyrrole nitrogens is 2. The Bertz CT molecular complexity index is 496. The summed E-state index contributed by atoms with van der Waals surface area (Å²) in [6.45, 7) is 1.89. The summed E-state index contributed by atoms with van der Waals surface area (Å²) >= 11 is 5.77. The molecule has 0 saturated heterocycles. The van der Waals surface area contributed by atoms with Crippen molar-refractivity contribution >= 4 is 11.6 Å². The molecule has 2 N–H and O–H groups in total. The molecule has 0 spiro atoms. The van der Waals surface area contributed by atoms with Gasteiger partial charge in [-0.15, -0.1) is 0 Å². The SMILES string of the molecule is Cc1cc(Cl)nc(-c2n[nH]c(=O)[nH]2)c1. The standard InChI is InChI=1S/C8H7ClN4O/c1-4-2-5(10-6(9)3-4)7-11-8(14)13-12-7/h2-3H,1H3,(H2,11,12,13,14). The smallest absolute Gasteiger partial charge is 0.288 e. The van der Waals surface area contributed by atoms with Gasteiger partial charge < -0.3 is 0 Å². The van der Waals surface area contributed by atoms with Crippen LogP contribution >= 0.6 is 11.6 Å². The minimum absolute atomic E-state index is 0.362. The lowest BCUT2D eigenvalue weighted by Crippen LogP contribution is -2.00. The Morgan fingerprint density at radius 1 is 1.43 bits per heavy atom. The second-order valence-electron chi connectivity index (χ2n) is 2.88. The van der Waals surface area contributed by atoms with Gasteiger partial charge in [0.05, 0.1) is 0 Å². The highest BCUT2D eigenvalue weighted by Gasteiger charge is 2.05. The normalized spacial score (nSPS) is 10.4. The summed E-state index contributed by atoms with van der Waals surface area (Å²) in [5.41, 5.74) is 1.15. The average Bonchev–Trinajstić information content (AvgIpc) is 2.50. The van der Waals surface area contributed by atoms with Crippen molar-refractivity contribution in [1.82, 2.24) is 20.2 Å². The Kier molecular flexibility index (Phi) is 2.09. The van der Waals surface area contributed by atoms with Gasteiger partial charge in [0.15, 0.2) is 5.82 Å². The van der Waals surface area contributed by atoms with Crippen molar-refractivity contribution < 1.29 is 0 Å². The maximum Gasteiger partial charge on any atom is 0.340 e. The number of nitrogens with zero attached hydrogens (tertiary/aromatic N) is 2. The van der Waals surface area contributed by atoms with Crippen LogP contribution in [0.5, 0.6) is 0 Å². The van der Waals surface area contributed by atoms with Crippen molar-refractivity contribution in [2.24, 2.45) is 0 Å². The molecule has 5 nitrogen and oxygen atoms in total. The van der Waals surface area contributed by atoms with Gasteiger partial charge in [-0.2, -0.15) is 5.10 Å². The summed E-state index contributed by atoms with van der Waals surface area (Å²) in [6.07, 6.45) is 0. The molecular weight excluding hydrogens is 204 g/mol. The summed E-state index contributed by atoms with van der Waals surface area (Å²) in [5, 5.41) is 6.39. The third-order valence-electron chi connectivity index (χ3n) is 1.68. The van der Waals surface area contributed by atoms with Gasteiger partial charge in [-0.3, -0.25) is 4.98 Å². The van der Waals surface area contributed by atoms with Gasteiger partial charge in [0.25, 0.3) is 0 Å². The van der Waals surface area contributed by atoms with Crippen LogP contribution in [0.3, 0.4) is 0 Å². The van der Waals surface area contributed by atoms with Gasteiger partial charge in [-0.05, 0) is 24.6 Å². The summed E-state index contributed by atoms with van der Waals surface area (Å²) in [6, 6.07) is 3.52. The number of aromatic nitrogens is 4. The van der Waals surface area contributed by atoms with E-state index in [1.165, 1.54) is 0 Å². The second kappa shape index (κ2) is 3.26. The molecule has 0 unspecified atom stereocenters. The van der Waals surface area contributed by atoms with Crippen LogP contribution in [0.2, 0.25) is 5.15 Å². The van der Waals surface area contributed by atoms with Crippen LogP contribution < -0.4 is 5.69 Å². The van der Waals surface area contributed by atoms with Gasteiger partial charge in [0, 0.05) is 0 Å². The van der Waals surface area contributed by atoms with Crippen molar-refractivity contribution in [3.8, 4) is 11.5 Å². The Morgan fingerprint density at radius 3 is 2.79 bits per heavy atom. The first-order chi connectivity index (χ1) is 6.65. The molecule has 6 heteroatoms. The summed E-state index contributed by atoms with van der Waals surface area (Å²) in [7, 11) is 0. The van der Waals surface area contributed by atoms with E-state index < -0.39 is 0 Å². The van der Waals surface area contributed by atoms with E-state index in [1.54, 1.807) is 12.1 Å². The zero-order chi connectivity index (χ0) is 10.1. The lowest BCUT2D eigenvalue weighted by Gasteiger charge is -1.98. The topological polar surface area (TPSA) is 74.4 Å². The van der Waals surface area contributed by atoms with Crippen molar-refractivity contribution in [3.63, 3.8) is 0 Å². The molecule has 2 aromatic heterocycles. The number of hydrogen-bond acceptors (Lipinski definition) is 3. The molecule has 0 aliphatic heterocycles. The molecule has 2 heterocycles. The van der Waals surface area contributed by atoms with Crippen molar-refractivity contribution in [2.45, 2.75) is 6.92 Å². The molecule has 0 aliphatic carbocycles. The van der Waals surface area contributed by atoms with Gasteiger partial charge in [-0.25, -0.2) is 14.9 Å². The van der Waals surface area contributed by atoms with Gasteiger partial charge in [0.1, 0.15) is 10.8 Å². The Morgan fingerprint density at radius 2 is 2.21 bits per heavy atom. The van der Waals surface area contributed by atoms with Gasteiger partial charge in [0.2, 0.25) is 0 Å². The molecule has 0 aliphatic rings. The van der Waals surface area contributed by atoms with Crippen LogP contribution in [0.1, 0.15) is 5.56 Å². The number of pyridine rings is 1. The highest BCUT2D eigenvalue weighted by Crippen LogP contribution is 2.16. The zero-order valence-corrected chi connectivity index (χ0v) is 8.09. The summed E-state index contributed by atoms with van der Waals surface area (Å²) in [4.78, 5) is 17.3. The zero-order valence-electron chi connectivity index (χ0n) is 7.34. The molecule has 0 amide bonds. The number of halogens is 1. The van der Waals surface area contributed by atoms with E-state index in [-0.39, 0.29) is 5.69 Å². The lowest BCUT2D eigenvalue weighted by atomic mass is 10.2. The van der Waals surface area contributed by atoms with Crippen molar-refractivity contribution in [1.29, 1.82) is 0 Å². The van der Waals surface area contributed by atoms with E-state index in [0.717, 1.165) is 5.56 Å². The number of rotatable bonds is 1. The number of nitrogens with one attached hydrogen (secondary N) is 2. The van der Waals surface area contributed by atoms with Crippen LogP contribution in [0, 0.1) is 6.92 Å². The second-order valence-corrected chi connectivity index (χ2v) is 3.27. The Labute approximate surface area is 84.2 Å². The van der Waals surface area contributed by atoms with Crippen molar-refractivity contribution in [3.05, 3.63) is 33.3 Å². The molecule has 0 radical (unpaired) electrons. The Balaban J connectivity index is 2.56. The van der Waals surface area contributed by atoms with E-state index in [0.29, 0.717) is 16.7 Å². The summed E-state index contributed by atoms with van der Waals surface area (Å²) < 4.78 is 0. The van der Waals surface area contributed by atoms with Crippen LogP contribution in [0.15, 0.2) is 16.9 Å². The van der Waals surface area contributed by atoms with E-state index in [2.05, 4.69) is 20.2 Å². The highest BCUT2D eigenvalue weighted by atomic mass is 35.5. The summed E-state index contributed by atoms with van der Waals surface area (Å²) in [5.74, 6) is 0.389. The van der Waals surface area contributed by atoms with E-state index in [1.807, 2.05) is 6.92 Å². The van der Waals surface area contributed by atoms with Crippen molar-refractivity contribution in [2.75, 3.05) is 0 Å². The first-order valence-corrected chi connectivity index (χ1v) is 4.32. The Hall–Kier alpha value is -1.62. The molecular formula is C8H7ClN4O. The molecule has 0 fully saturated rings. The fourth-order valence-corrected chi connectivity index (χ4v) is 1.40. The monoisotopic (exact) mass is 210 g/mol. The predicted molar refractivity (Wildman–Crippen MR) is 52.2 cm³/mol. The minimum atomic E-state index is -0.362. The molecule has 0 aromatic carbocycles. The number of aromatic amines is 2. The fourth-order valence-electron chi connectivity index (χ4n) is 1.14. The fraction of sp³-hybridized carbons (Fsp3) is 0.125. The minimum Gasteiger partial charge on any atom is -0.288 e. The molecule has 0 atom stereocenters. The average molecular weight is 211 g/mol. The number of hydrogen-bond donors (Lipinski definition) is 2. The predicted octanol–water partition coefficient (Wildman–Crippen LogP) is 1.12. The first kappa shape index (κ1) is 8.96. The molecule has 2 rings (SSSR count). The maximum atomic E-state index is 10.8. The van der Waals surface area contributed by atoms with E-state index >= 15 is 0 Å². The molecule has 14 heavy (non-hydrogen) atoms. The largest absolute Gasteiger partial charge is 0.340 e. The van der Waals surface area contributed by atoms with E-state index in [9.17, 15) is 4.79 Å². The maximum absolute atomic E-state index is 10.8. The van der Waals surface area contributed by atoms with Crippen LogP contribution in [-0.4, -0.2) is 20.2 Å². The lowest BCUT2D eigenvalue weighted by molar-refractivity contribution is 1.05. The van der Waals surface area contributed by atoms with Gasteiger partial charge in [-0.1, -0.05) is 11.6 Å². The highest BCUT2D eigenvalue weighted by molar-refractivity contribution is 6.29. The van der Waals surface area contributed by atoms with Crippen LogP contribution in [0.4, 0.5) is 0 Å². The van der Waals surface area contributed by atoms with Crippen LogP contribution in [0.25, 0.3) is 11.5 Å². The molecule has 0 saturated carbocycles. The first-order valence-electron chi connectivity index (χ1n) is 3.94. The molecule has 0 bridgehead atoms. The third kappa shape index (κ3) is 1.67. The number of aryl methyl sites for hydroxylation is 1. The van der Waals surface area contributed by atoms with Crippen LogP contribution in [-0.2, 0) is 0 Å². The third-order valence-corrected chi connectivity index (χ3v) is 1.88. The molecule has 72 valence electrons.